The van der Waals surface area contributed by atoms with Crippen molar-refractivity contribution in [2.24, 2.45) is 0 Å². The SMILES string of the molecule is CC(C)(c1cccc(C2CCCCC2)c1)c1ccc(O)c(C(=O)O)c1.[Zn]. The van der Waals surface area contributed by atoms with Crippen molar-refractivity contribution in [1.29, 1.82) is 0 Å². The molecule has 0 aromatic heterocycles. The zero-order chi connectivity index (χ0) is 18.0. The molecule has 1 saturated carbocycles. The topological polar surface area (TPSA) is 57.5 Å². The quantitative estimate of drug-likeness (QED) is 0.666. The Kier molecular flexibility index (Phi) is 6.63. The van der Waals surface area contributed by atoms with Crippen molar-refractivity contribution in [1.82, 2.24) is 0 Å². The van der Waals surface area contributed by atoms with Crippen molar-refractivity contribution in [3.8, 4) is 5.75 Å². The van der Waals surface area contributed by atoms with Gasteiger partial charge in [-0.3, -0.25) is 0 Å². The van der Waals surface area contributed by atoms with Crippen LogP contribution in [0.4, 0.5) is 0 Å². The van der Waals surface area contributed by atoms with Crippen LogP contribution >= 0.6 is 0 Å². The zero-order valence-electron chi connectivity index (χ0n) is 15.7. The molecule has 1 aliphatic rings. The van der Waals surface area contributed by atoms with Gasteiger partial charge < -0.3 is 10.2 Å². The van der Waals surface area contributed by atoms with E-state index in [0.29, 0.717) is 5.92 Å². The second-order valence-corrected chi connectivity index (χ2v) is 7.62. The summed E-state index contributed by atoms with van der Waals surface area (Å²) in [6.45, 7) is 4.20. The minimum atomic E-state index is -1.11. The maximum Gasteiger partial charge on any atom is 0.339 e. The summed E-state index contributed by atoms with van der Waals surface area (Å²) in [5.74, 6) is -0.659. The molecule has 3 rings (SSSR count). The number of aromatic carboxylic acids is 1. The largest absolute Gasteiger partial charge is 0.507 e. The zero-order valence-corrected chi connectivity index (χ0v) is 18.6. The number of rotatable bonds is 4. The molecule has 0 unspecified atom stereocenters. The number of benzene rings is 2. The van der Waals surface area contributed by atoms with Crippen LogP contribution in [0.15, 0.2) is 42.5 Å². The van der Waals surface area contributed by atoms with Gasteiger partial charge in [0, 0.05) is 24.9 Å². The van der Waals surface area contributed by atoms with Gasteiger partial charge in [-0.05, 0) is 47.6 Å². The molecule has 134 valence electrons. The van der Waals surface area contributed by atoms with Crippen LogP contribution < -0.4 is 0 Å². The first-order valence-corrected chi connectivity index (χ1v) is 9.07. The average molecular weight is 404 g/mol. The smallest absolute Gasteiger partial charge is 0.339 e. The minimum Gasteiger partial charge on any atom is -0.507 e. The maximum absolute atomic E-state index is 11.3. The number of hydrogen-bond donors (Lipinski definition) is 2. The molecule has 0 bridgehead atoms. The van der Waals surface area contributed by atoms with Gasteiger partial charge in [0.25, 0.3) is 0 Å². The van der Waals surface area contributed by atoms with E-state index < -0.39 is 5.97 Å². The van der Waals surface area contributed by atoms with E-state index in [1.807, 2.05) is 6.07 Å². The number of carboxylic acid groups (broad SMARTS) is 1. The van der Waals surface area contributed by atoms with E-state index in [-0.39, 0.29) is 36.2 Å². The van der Waals surface area contributed by atoms with E-state index in [1.165, 1.54) is 49.3 Å². The summed E-state index contributed by atoms with van der Waals surface area (Å²) < 4.78 is 0. The van der Waals surface area contributed by atoms with Crippen molar-refractivity contribution < 1.29 is 34.5 Å². The molecule has 1 aliphatic carbocycles. The Balaban J connectivity index is 0.00000243. The van der Waals surface area contributed by atoms with E-state index in [0.717, 1.165) is 5.56 Å². The predicted octanol–water partition coefficient (Wildman–Crippen LogP) is 5.46. The third-order valence-electron chi connectivity index (χ3n) is 5.63. The monoisotopic (exact) mass is 402 g/mol. The maximum atomic E-state index is 11.3. The summed E-state index contributed by atoms with van der Waals surface area (Å²) >= 11 is 0. The van der Waals surface area contributed by atoms with Gasteiger partial charge in [-0.25, -0.2) is 4.79 Å². The molecule has 0 radical (unpaired) electrons. The van der Waals surface area contributed by atoms with Crippen LogP contribution in [0.1, 0.15) is 78.9 Å². The summed E-state index contributed by atoms with van der Waals surface area (Å²) in [7, 11) is 0. The predicted molar refractivity (Wildman–Crippen MR) is 99.5 cm³/mol. The molecular weight excluding hydrogens is 378 g/mol. The van der Waals surface area contributed by atoms with Crippen LogP contribution in [0.2, 0.25) is 0 Å². The van der Waals surface area contributed by atoms with Crippen molar-refractivity contribution in [3.63, 3.8) is 0 Å². The number of carboxylic acids is 1. The molecule has 4 heteroatoms. The molecular formula is C22H26O3Zn. The van der Waals surface area contributed by atoms with Crippen molar-refractivity contribution >= 4 is 5.97 Å². The molecule has 26 heavy (non-hydrogen) atoms. The number of aromatic hydroxyl groups is 1. The summed E-state index contributed by atoms with van der Waals surface area (Å²) in [5, 5.41) is 19.1. The summed E-state index contributed by atoms with van der Waals surface area (Å²) in [4.78, 5) is 11.3. The molecule has 1 fully saturated rings. The van der Waals surface area contributed by atoms with E-state index in [9.17, 15) is 15.0 Å². The summed E-state index contributed by atoms with van der Waals surface area (Å²) in [6.07, 6.45) is 6.46. The van der Waals surface area contributed by atoms with Gasteiger partial charge in [-0.2, -0.15) is 0 Å². The number of phenols is 1. The third-order valence-corrected chi connectivity index (χ3v) is 5.63. The van der Waals surface area contributed by atoms with E-state index in [1.54, 1.807) is 6.07 Å². The molecule has 0 aliphatic heterocycles. The van der Waals surface area contributed by atoms with E-state index in [4.69, 9.17) is 0 Å². The van der Waals surface area contributed by atoms with Gasteiger partial charge in [0.2, 0.25) is 0 Å². The Morgan fingerprint density at radius 3 is 2.31 bits per heavy atom. The van der Waals surface area contributed by atoms with Gasteiger partial charge in [0.15, 0.2) is 0 Å². The van der Waals surface area contributed by atoms with Crippen molar-refractivity contribution in [2.75, 3.05) is 0 Å². The fourth-order valence-corrected chi connectivity index (χ4v) is 3.88. The first kappa shape index (κ1) is 20.6. The molecule has 3 nitrogen and oxygen atoms in total. The first-order valence-electron chi connectivity index (χ1n) is 9.07. The Morgan fingerprint density at radius 1 is 1.00 bits per heavy atom. The van der Waals surface area contributed by atoms with E-state index >= 15 is 0 Å². The van der Waals surface area contributed by atoms with Crippen LogP contribution in [0, 0.1) is 0 Å². The molecule has 0 heterocycles. The normalized spacial score (nSPS) is 15.3. The summed E-state index contributed by atoms with van der Waals surface area (Å²) in [5.41, 5.74) is 3.08. The molecule has 0 atom stereocenters. The average Bonchev–Trinajstić information content (AvgIpc) is 2.62. The standard InChI is InChI=1S/C22H26O3.Zn/c1-22(2,18-11-12-20(23)19(14-18)21(24)25)17-10-6-9-16(13-17)15-7-4-3-5-8-15;/h6,9-15,23H,3-5,7-8H2,1-2H3,(H,24,25);. The van der Waals surface area contributed by atoms with Crippen LogP contribution in [0.3, 0.4) is 0 Å². The Morgan fingerprint density at radius 2 is 1.65 bits per heavy atom. The van der Waals surface area contributed by atoms with E-state index in [2.05, 4.69) is 38.1 Å². The second kappa shape index (κ2) is 8.35. The van der Waals surface area contributed by atoms with Crippen molar-refractivity contribution in [2.45, 2.75) is 57.3 Å². The molecule has 2 aromatic carbocycles. The van der Waals surface area contributed by atoms with Gasteiger partial charge >= 0.3 is 5.97 Å². The fourth-order valence-electron chi connectivity index (χ4n) is 3.88. The van der Waals surface area contributed by atoms with Gasteiger partial charge in [-0.15, -0.1) is 0 Å². The third kappa shape index (κ3) is 4.18. The number of carbonyl (C=O) groups is 1. The molecule has 0 amide bonds. The summed E-state index contributed by atoms with van der Waals surface area (Å²) in [6, 6.07) is 13.6. The van der Waals surface area contributed by atoms with Gasteiger partial charge in [0.05, 0.1) is 0 Å². The molecule has 0 spiro atoms. The Hall–Kier alpha value is -1.67. The minimum absolute atomic E-state index is 0. The van der Waals surface area contributed by atoms with Crippen LogP contribution in [0.25, 0.3) is 0 Å². The Labute approximate surface area is 168 Å². The van der Waals surface area contributed by atoms with Crippen LogP contribution in [-0.2, 0) is 24.9 Å². The fraction of sp³-hybridized carbons (Fsp3) is 0.409. The molecule has 0 saturated heterocycles. The van der Waals surface area contributed by atoms with Crippen LogP contribution in [-0.4, -0.2) is 16.2 Å². The number of hydrogen-bond acceptors (Lipinski definition) is 2. The molecule has 2 N–H and O–H groups in total. The van der Waals surface area contributed by atoms with Gasteiger partial charge in [0.1, 0.15) is 11.3 Å². The first-order chi connectivity index (χ1) is 11.9. The van der Waals surface area contributed by atoms with Crippen molar-refractivity contribution in [3.05, 3.63) is 64.7 Å². The molecule has 2 aromatic rings. The van der Waals surface area contributed by atoms with Crippen LogP contribution in [0.5, 0.6) is 5.75 Å². The Bertz CT molecular complexity index is 777. The second-order valence-electron chi connectivity index (χ2n) is 7.62. The van der Waals surface area contributed by atoms with Gasteiger partial charge in [-0.1, -0.05) is 63.4 Å².